The van der Waals surface area contributed by atoms with Crippen molar-refractivity contribution in [3.8, 4) is 0 Å². The zero-order chi connectivity index (χ0) is 17.8. The SMILES string of the molecule is CCOC(=O)c1cn2cccc(C(=O)OCc3ccc(C)cc3)c2n1. The van der Waals surface area contributed by atoms with Gasteiger partial charge >= 0.3 is 11.9 Å². The molecule has 3 rings (SSSR count). The number of hydrogen-bond acceptors (Lipinski definition) is 5. The normalized spacial score (nSPS) is 10.6. The molecule has 3 aromatic rings. The summed E-state index contributed by atoms with van der Waals surface area (Å²) in [6.45, 7) is 4.15. The monoisotopic (exact) mass is 338 g/mol. The largest absolute Gasteiger partial charge is 0.461 e. The molecule has 0 aliphatic rings. The molecule has 2 heterocycles. The molecule has 0 bridgehead atoms. The van der Waals surface area contributed by atoms with Gasteiger partial charge in [-0.15, -0.1) is 0 Å². The number of fused-ring (bicyclic) bond motifs is 1. The second-order valence-electron chi connectivity index (χ2n) is 5.56. The molecule has 0 aliphatic carbocycles. The van der Waals surface area contributed by atoms with E-state index in [1.807, 2.05) is 31.2 Å². The minimum Gasteiger partial charge on any atom is -0.461 e. The van der Waals surface area contributed by atoms with E-state index in [4.69, 9.17) is 9.47 Å². The number of carbonyl (C=O) groups excluding carboxylic acids is 2. The molecule has 0 atom stereocenters. The summed E-state index contributed by atoms with van der Waals surface area (Å²) in [7, 11) is 0. The number of aryl methyl sites for hydroxylation is 1. The summed E-state index contributed by atoms with van der Waals surface area (Å²) in [5, 5.41) is 0. The summed E-state index contributed by atoms with van der Waals surface area (Å²) in [5.41, 5.74) is 2.86. The molecule has 0 spiro atoms. The molecule has 0 amide bonds. The van der Waals surface area contributed by atoms with Gasteiger partial charge in [0.1, 0.15) is 12.2 Å². The van der Waals surface area contributed by atoms with Crippen molar-refractivity contribution in [1.82, 2.24) is 9.38 Å². The molecular weight excluding hydrogens is 320 g/mol. The van der Waals surface area contributed by atoms with Crippen molar-refractivity contribution in [3.05, 3.63) is 71.2 Å². The number of hydrogen-bond donors (Lipinski definition) is 0. The Balaban J connectivity index is 1.81. The summed E-state index contributed by atoms with van der Waals surface area (Å²) in [6.07, 6.45) is 3.24. The number of pyridine rings is 1. The number of benzene rings is 1. The van der Waals surface area contributed by atoms with Gasteiger partial charge in [-0.05, 0) is 31.5 Å². The Labute approximate surface area is 145 Å². The molecular formula is C19H18N2O4. The maximum Gasteiger partial charge on any atom is 0.358 e. The van der Waals surface area contributed by atoms with Crippen LogP contribution in [0.4, 0.5) is 0 Å². The average molecular weight is 338 g/mol. The number of carbonyl (C=O) groups is 2. The Morgan fingerprint density at radius 1 is 1.08 bits per heavy atom. The summed E-state index contributed by atoms with van der Waals surface area (Å²) >= 11 is 0. The Hall–Kier alpha value is -3.15. The molecule has 0 saturated heterocycles. The van der Waals surface area contributed by atoms with Crippen molar-refractivity contribution in [3.63, 3.8) is 0 Å². The van der Waals surface area contributed by atoms with E-state index in [1.165, 1.54) is 6.20 Å². The van der Waals surface area contributed by atoms with E-state index in [9.17, 15) is 9.59 Å². The molecule has 6 heteroatoms. The molecule has 25 heavy (non-hydrogen) atoms. The second-order valence-corrected chi connectivity index (χ2v) is 5.56. The van der Waals surface area contributed by atoms with E-state index in [0.29, 0.717) is 11.2 Å². The highest BCUT2D eigenvalue weighted by atomic mass is 16.5. The van der Waals surface area contributed by atoms with Gasteiger partial charge < -0.3 is 13.9 Å². The maximum absolute atomic E-state index is 12.4. The van der Waals surface area contributed by atoms with Crippen LogP contribution in [0.5, 0.6) is 0 Å². The van der Waals surface area contributed by atoms with E-state index in [2.05, 4.69) is 4.98 Å². The number of imidazole rings is 1. The van der Waals surface area contributed by atoms with Crippen LogP contribution in [0.25, 0.3) is 5.65 Å². The van der Waals surface area contributed by atoms with E-state index in [0.717, 1.165) is 11.1 Å². The van der Waals surface area contributed by atoms with Gasteiger partial charge in [0.25, 0.3) is 0 Å². The van der Waals surface area contributed by atoms with E-state index in [-0.39, 0.29) is 18.9 Å². The fourth-order valence-electron chi connectivity index (χ4n) is 2.39. The lowest BCUT2D eigenvalue weighted by Gasteiger charge is -2.06. The first kappa shape index (κ1) is 16.7. The van der Waals surface area contributed by atoms with Gasteiger partial charge in [-0.1, -0.05) is 29.8 Å². The van der Waals surface area contributed by atoms with Crippen LogP contribution in [-0.2, 0) is 16.1 Å². The smallest absolute Gasteiger partial charge is 0.358 e. The molecule has 0 saturated carbocycles. The van der Waals surface area contributed by atoms with Crippen molar-refractivity contribution >= 4 is 17.6 Å². The van der Waals surface area contributed by atoms with Crippen LogP contribution < -0.4 is 0 Å². The zero-order valence-electron chi connectivity index (χ0n) is 14.1. The minimum atomic E-state index is -0.523. The fraction of sp³-hybridized carbons (Fsp3) is 0.211. The number of ether oxygens (including phenoxy) is 2. The van der Waals surface area contributed by atoms with Crippen molar-refractivity contribution in [2.24, 2.45) is 0 Å². The lowest BCUT2D eigenvalue weighted by atomic mass is 10.2. The van der Waals surface area contributed by atoms with Crippen LogP contribution in [0.1, 0.15) is 38.9 Å². The molecule has 0 fully saturated rings. The predicted octanol–water partition coefficient (Wildman–Crippen LogP) is 3.18. The molecule has 0 unspecified atom stereocenters. The van der Waals surface area contributed by atoms with Crippen molar-refractivity contribution in [2.45, 2.75) is 20.5 Å². The van der Waals surface area contributed by atoms with Crippen molar-refractivity contribution in [2.75, 3.05) is 6.61 Å². The molecule has 0 N–H and O–H groups in total. The van der Waals surface area contributed by atoms with Gasteiger partial charge in [-0.3, -0.25) is 0 Å². The summed E-state index contributed by atoms with van der Waals surface area (Å²) in [6, 6.07) is 11.1. The topological polar surface area (TPSA) is 69.9 Å². The molecule has 2 aromatic heterocycles. The lowest BCUT2D eigenvalue weighted by Crippen LogP contribution is -2.07. The first-order valence-corrected chi connectivity index (χ1v) is 7.96. The van der Waals surface area contributed by atoms with E-state index >= 15 is 0 Å². The lowest BCUT2D eigenvalue weighted by molar-refractivity contribution is 0.0471. The van der Waals surface area contributed by atoms with Crippen LogP contribution >= 0.6 is 0 Å². The molecule has 0 radical (unpaired) electrons. The highest BCUT2D eigenvalue weighted by Crippen LogP contribution is 2.14. The van der Waals surface area contributed by atoms with Gasteiger partial charge in [-0.25, -0.2) is 14.6 Å². The first-order valence-electron chi connectivity index (χ1n) is 7.96. The summed E-state index contributed by atoms with van der Waals surface area (Å²) in [5.74, 6) is -1.02. The summed E-state index contributed by atoms with van der Waals surface area (Å²) in [4.78, 5) is 28.4. The average Bonchev–Trinajstić information content (AvgIpc) is 3.05. The van der Waals surface area contributed by atoms with Crippen LogP contribution in [0.15, 0.2) is 48.8 Å². The van der Waals surface area contributed by atoms with Gasteiger partial charge in [0.2, 0.25) is 0 Å². The van der Waals surface area contributed by atoms with Crippen LogP contribution in [0.2, 0.25) is 0 Å². The van der Waals surface area contributed by atoms with Crippen LogP contribution in [0, 0.1) is 6.92 Å². The molecule has 1 aromatic carbocycles. The third kappa shape index (κ3) is 3.68. The predicted molar refractivity (Wildman–Crippen MR) is 91.4 cm³/mol. The quantitative estimate of drug-likeness (QED) is 0.668. The van der Waals surface area contributed by atoms with E-state index < -0.39 is 11.9 Å². The molecule has 0 aliphatic heterocycles. The van der Waals surface area contributed by atoms with Crippen molar-refractivity contribution < 1.29 is 19.1 Å². The number of aromatic nitrogens is 2. The number of rotatable bonds is 5. The summed E-state index contributed by atoms with van der Waals surface area (Å²) < 4.78 is 11.9. The van der Waals surface area contributed by atoms with Gasteiger partial charge in [0.15, 0.2) is 11.3 Å². The van der Waals surface area contributed by atoms with E-state index in [1.54, 1.807) is 29.7 Å². The van der Waals surface area contributed by atoms with Gasteiger partial charge in [0.05, 0.1) is 6.61 Å². The van der Waals surface area contributed by atoms with Gasteiger partial charge in [0, 0.05) is 12.4 Å². The number of nitrogens with zero attached hydrogens (tertiary/aromatic N) is 2. The Bertz CT molecular complexity index is 913. The molecule has 6 nitrogen and oxygen atoms in total. The highest BCUT2D eigenvalue weighted by Gasteiger charge is 2.18. The van der Waals surface area contributed by atoms with Crippen LogP contribution in [0.3, 0.4) is 0 Å². The third-order valence-corrected chi connectivity index (χ3v) is 3.68. The Kier molecular flexibility index (Phi) is 4.79. The highest BCUT2D eigenvalue weighted by molar-refractivity contribution is 5.97. The second kappa shape index (κ2) is 7.17. The Morgan fingerprint density at radius 3 is 2.56 bits per heavy atom. The molecule has 128 valence electrons. The van der Waals surface area contributed by atoms with Crippen molar-refractivity contribution in [1.29, 1.82) is 0 Å². The third-order valence-electron chi connectivity index (χ3n) is 3.68. The van der Waals surface area contributed by atoms with Crippen LogP contribution in [-0.4, -0.2) is 27.9 Å². The maximum atomic E-state index is 12.4. The first-order chi connectivity index (χ1) is 12.1. The standard InChI is InChI=1S/C19H18N2O4/c1-3-24-19(23)16-11-21-10-4-5-15(17(21)20-16)18(22)25-12-14-8-6-13(2)7-9-14/h4-11H,3,12H2,1-2H3. The zero-order valence-corrected chi connectivity index (χ0v) is 14.1. The fourth-order valence-corrected chi connectivity index (χ4v) is 2.39. The Morgan fingerprint density at radius 2 is 1.84 bits per heavy atom. The van der Waals surface area contributed by atoms with Gasteiger partial charge in [-0.2, -0.15) is 0 Å². The minimum absolute atomic E-state index is 0.153. The number of esters is 2.